The van der Waals surface area contributed by atoms with Crippen LogP contribution < -0.4 is 10.3 Å². The lowest BCUT2D eigenvalue weighted by Crippen LogP contribution is -2.27. The van der Waals surface area contributed by atoms with Crippen LogP contribution in [0.15, 0.2) is 53.2 Å². The van der Waals surface area contributed by atoms with Crippen LogP contribution in [0.25, 0.3) is 5.57 Å². The van der Waals surface area contributed by atoms with Gasteiger partial charge in [-0.25, -0.2) is 13.2 Å². The molecule has 8 heteroatoms. The summed E-state index contributed by atoms with van der Waals surface area (Å²) >= 11 is 0. The van der Waals surface area contributed by atoms with E-state index in [1.54, 1.807) is 19.1 Å². The van der Waals surface area contributed by atoms with E-state index in [1.807, 2.05) is 6.92 Å². The van der Waals surface area contributed by atoms with E-state index in [0.29, 0.717) is 23.0 Å². The summed E-state index contributed by atoms with van der Waals surface area (Å²) in [5.41, 5.74) is -0.0836. The number of halogens is 3. The van der Waals surface area contributed by atoms with Gasteiger partial charge in [0.05, 0.1) is 5.25 Å². The van der Waals surface area contributed by atoms with Gasteiger partial charge in [-0.15, -0.1) is 0 Å². The first-order chi connectivity index (χ1) is 13.7. The number of aromatic nitrogens is 1. The van der Waals surface area contributed by atoms with Gasteiger partial charge in [-0.1, -0.05) is 19.9 Å². The van der Waals surface area contributed by atoms with Crippen molar-refractivity contribution < 1.29 is 22.1 Å². The average Bonchev–Trinajstić information content (AvgIpc) is 2.67. The lowest BCUT2D eigenvalue weighted by atomic mass is 9.92. The first-order valence-corrected chi connectivity index (χ1v) is 10.4. The Morgan fingerprint density at radius 1 is 1.14 bits per heavy atom. The van der Waals surface area contributed by atoms with Gasteiger partial charge in [0.2, 0.25) is 0 Å². The number of benzene rings is 1. The van der Waals surface area contributed by atoms with E-state index in [9.17, 15) is 22.2 Å². The molecule has 0 aliphatic heterocycles. The molecule has 1 heterocycles. The molecule has 0 fully saturated rings. The van der Waals surface area contributed by atoms with Crippen molar-refractivity contribution in [1.82, 2.24) is 4.57 Å². The van der Waals surface area contributed by atoms with Crippen molar-refractivity contribution in [3.8, 4) is 5.75 Å². The second-order valence-electron chi connectivity index (χ2n) is 6.77. The molecule has 0 N–H and O–H groups in total. The van der Waals surface area contributed by atoms with Gasteiger partial charge in [-0.2, -0.15) is 0 Å². The summed E-state index contributed by atoms with van der Waals surface area (Å²) in [7, 11) is 0.225. The molecule has 2 aromatic rings. The van der Waals surface area contributed by atoms with E-state index < -0.39 is 33.8 Å². The lowest BCUT2D eigenvalue weighted by molar-refractivity contribution is 0.404. The lowest BCUT2D eigenvalue weighted by Gasteiger charge is -2.26. The molecule has 4 nitrogen and oxygen atoms in total. The molecule has 0 radical (unpaired) electrons. The van der Waals surface area contributed by atoms with Crippen LogP contribution in [-0.4, -0.2) is 19.8 Å². The van der Waals surface area contributed by atoms with Crippen molar-refractivity contribution in [2.45, 2.75) is 19.1 Å². The number of hydrogen-bond donors (Lipinski definition) is 0. The summed E-state index contributed by atoms with van der Waals surface area (Å²) in [6.45, 7) is 3.64. The number of rotatable bonds is 5. The van der Waals surface area contributed by atoms with Crippen LogP contribution in [-0.2, 0) is 17.8 Å². The van der Waals surface area contributed by atoms with Crippen LogP contribution >= 0.6 is 0 Å². The number of aryl methyl sites for hydroxylation is 1. The van der Waals surface area contributed by atoms with Crippen molar-refractivity contribution in [1.29, 1.82) is 0 Å². The third kappa shape index (κ3) is 4.37. The molecule has 0 bridgehead atoms. The van der Waals surface area contributed by atoms with E-state index in [2.05, 4.69) is 0 Å². The molecule has 3 atom stereocenters. The maximum Gasteiger partial charge on any atom is 0.286 e. The van der Waals surface area contributed by atoms with Crippen LogP contribution in [0.5, 0.6) is 5.75 Å². The molecule has 154 valence electrons. The molecule has 0 saturated carbocycles. The molecule has 29 heavy (non-hydrogen) atoms. The van der Waals surface area contributed by atoms with Crippen LogP contribution in [0.4, 0.5) is 13.2 Å². The maximum absolute atomic E-state index is 14.1. The predicted octanol–water partition coefficient (Wildman–Crippen LogP) is 3.94. The zero-order valence-corrected chi connectivity index (χ0v) is 16.9. The van der Waals surface area contributed by atoms with Gasteiger partial charge in [0, 0.05) is 47.0 Å². The zero-order valence-electron chi connectivity index (χ0n) is 16.1. The van der Waals surface area contributed by atoms with Gasteiger partial charge in [0.15, 0.2) is 17.4 Å². The van der Waals surface area contributed by atoms with E-state index in [-0.39, 0.29) is 22.7 Å². The molecule has 1 aliphatic carbocycles. The fourth-order valence-electron chi connectivity index (χ4n) is 3.15. The fraction of sp³-hybridized carbons (Fsp3) is 0.286. The number of hydrogen-bond acceptors (Lipinski definition) is 3. The van der Waals surface area contributed by atoms with Crippen LogP contribution in [0.2, 0.25) is 0 Å². The van der Waals surface area contributed by atoms with E-state index >= 15 is 0 Å². The van der Waals surface area contributed by atoms with Crippen molar-refractivity contribution in [2.24, 2.45) is 13.0 Å². The van der Waals surface area contributed by atoms with Gasteiger partial charge < -0.3 is 9.30 Å². The summed E-state index contributed by atoms with van der Waals surface area (Å²) < 4.78 is 60.6. The molecule has 0 saturated heterocycles. The van der Waals surface area contributed by atoms with Gasteiger partial charge >= 0.3 is 0 Å². The minimum atomic E-state index is -1.18. The first kappa shape index (κ1) is 21.1. The maximum atomic E-state index is 14.1. The Morgan fingerprint density at radius 3 is 2.48 bits per heavy atom. The standard InChI is InChI=1S/C21H20F3NO3S/c1-4-29(27)20-10-15(13-8-17(24)21(26)25(3)11-13)19(7-12(20)2)28-18-6-5-14(22)9-16(18)23/h5-12,20H,4H2,1-3H3. The van der Waals surface area contributed by atoms with Crippen LogP contribution in [0, 0.1) is 23.4 Å². The predicted molar refractivity (Wildman–Crippen MR) is 106 cm³/mol. The Hall–Kier alpha value is -2.61. The normalized spacial score (nSPS) is 20.1. The fourth-order valence-corrected chi connectivity index (χ4v) is 4.38. The molecule has 1 aromatic carbocycles. The molecule has 0 amide bonds. The minimum absolute atomic E-state index is 0.198. The molecule has 1 aliphatic rings. The second kappa shape index (κ2) is 8.41. The Balaban J connectivity index is 2.11. The number of nitrogens with zero attached hydrogens (tertiary/aromatic N) is 1. The van der Waals surface area contributed by atoms with Crippen molar-refractivity contribution in [2.75, 3.05) is 5.75 Å². The highest BCUT2D eigenvalue weighted by atomic mass is 32.2. The van der Waals surface area contributed by atoms with Gasteiger partial charge in [-0.3, -0.25) is 9.00 Å². The summed E-state index contributed by atoms with van der Waals surface area (Å²) in [5, 5.41) is -0.360. The topological polar surface area (TPSA) is 48.3 Å². The second-order valence-corrected chi connectivity index (χ2v) is 8.66. The molecule has 1 aromatic heterocycles. The van der Waals surface area contributed by atoms with Gasteiger partial charge in [0.25, 0.3) is 5.56 Å². The molecule has 3 rings (SSSR count). The third-order valence-corrected chi connectivity index (χ3v) is 6.42. The molecule has 3 unspecified atom stereocenters. The number of ether oxygens (including phenoxy) is 1. The number of allylic oxidation sites excluding steroid dienone is 2. The smallest absolute Gasteiger partial charge is 0.286 e. The van der Waals surface area contributed by atoms with E-state index in [0.717, 1.165) is 22.8 Å². The quantitative estimate of drug-likeness (QED) is 0.732. The average molecular weight is 423 g/mol. The van der Waals surface area contributed by atoms with Crippen molar-refractivity contribution in [3.05, 3.63) is 81.7 Å². The van der Waals surface area contributed by atoms with Crippen LogP contribution in [0.3, 0.4) is 0 Å². The Labute approximate surface area is 168 Å². The highest BCUT2D eigenvalue weighted by molar-refractivity contribution is 7.85. The van der Waals surface area contributed by atoms with E-state index in [1.165, 1.54) is 13.2 Å². The first-order valence-electron chi connectivity index (χ1n) is 9.02. The summed E-state index contributed by atoms with van der Waals surface area (Å²) in [5.74, 6) is -2.34. The highest BCUT2D eigenvalue weighted by Gasteiger charge is 2.28. The highest BCUT2D eigenvalue weighted by Crippen LogP contribution is 2.35. The summed E-state index contributed by atoms with van der Waals surface area (Å²) in [6.07, 6.45) is 4.80. The summed E-state index contributed by atoms with van der Waals surface area (Å²) in [4.78, 5) is 11.7. The Morgan fingerprint density at radius 2 is 1.86 bits per heavy atom. The van der Waals surface area contributed by atoms with Crippen molar-refractivity contribution in [3.63, 3.8) is 0 Å². The Kier molecular flexibility index (Phi) is 6.12. The third-order valence-electron chi connectivity index (χ3n) is 4.68. The zero-order chi connectivity index (χ0) is 21.3. The molecular formula is C21H20F3NO3S. The van der Waals surface area contributed by atoms with Gasteiger partial charge in [0.1, 0.15) is 11.6 Å². The monoisotopic (exact) mass is 423 g/mol. The molecule has 0 spiro atoms. The minimum Gasteiger partial charge on any atom is -0.454 e. The SMILES string of the molecule is CCS(=O)C1C=C(c2cc(F)c(=O)n(C)c2)C(Oc2ccc(F)cc2F)=CC1C. The van der Waals surface area contributed by atoms with E-state index in [4.69, 9.17) is 4.74 Å². The summed E-state index contributed by atoms with van der Waals surface area (Å²) in [6, 6.07) is 3.99. The Bertz CT molecular complexity index is 1060. The largest absolute Gasteiger partial charge is 0.454 e. The number of pyridine rings is 1. The molecular weight excluding hydrogens is 403 g/mol. The van der Waals surface area contributed by atoms with Crippen molar-refractivity contribution >= 4 is 16.4 Å². The van der Waals surface area contributed by atoms with Crippen LogP contribution in [0.1, 0.15) is 19.4 Å². The van der Waals surface area contributed by atoms with Gasteiger partial charge in [-0.05, 0) is 30.2 Å².